The summed E-state index contributed by atoms with van der Waals surface area (Å²) in [5.41, 5.74) is 1.60. The average Bonchev–Trinajstić information content (AvgIpc) is 2.25. The van der Waals surface area contributed by atoms with Gasteiger partial charge in [-0.2, -0.15) is 0 Å². The Labute approximate surface area is 60.9 Å². The van der Waals surface area contributed by atoms with Crippen LogP contribution < -0.4 is 0 Å². The zero-order valence-electron chi connectivity index (χ0n) is 4.52. The highest BCUT2D eigenvalue weighted by Gasteiger charge is 2.25. The Morgan fingerprint density at radius 1 is 1.33 bits per heavy atom. The first-order chi connectivity index (χ1) is 4.29. The summed E-state index contributed by atoms with van der Waals surface area (Å²) in [6.07, 6.45) is 5.52. The summed E-state index contributed by atoms with van der Waals surface area (Å²) in [6.45, 7) is 0. The number of allylic oxidation sites excluding steroid dienone is 6. The third kappa shape index (κ3) is 0.512. The van der Waals surface area contributed by atoms with Crippen LogP contribution in [0.4, 0.5) is 0 Å². The zero-order chi connectivity index (χ0) is 6.43. The van der Waals surface area contributed by atoms with Crippen LogP contribution in [-0.4, -0.2) is 5.78 Å². The van der Waals surface area contributed by atoms with Crippen LogP contribution in [0.2, 0.25) is 0 Å². The molecule has 0 spiro atoms. The van der Waals surface area contributed by atoms with Gasteiger partial charge in [0.2, 0.25) is 0 Å². The second-order valence-corrected chi connectivity index (χ2v) is 2.88. The van der Waals surface area contributed by atoms with Gasteiger partial charge in [-0.1, -0.05) is 22.0 Å². The molecule has 0 amide bonds. The molecule has 2 bridgehead atoms. The largest absolute Gasteiger partial charge is 0.289 e. The van der Waals surface area contributed by atoms with Gasteiger partial charge in [0, 0.05) is 15.6 Å². The number of hydrogen-bond acceptors (Lipinski definition) is 1. The van der Waals surface area contributed by atoms with E-state index in [-0.39, 0.29) is 5.78 Å². The van der Waals surface area contributed by atoms with Crippen molar-refractivity contribution in [3.05, 3.63) is 33.9 Å². The maximum absolute atomic E-state index is 11.0. The Morgan fingerprint density at radius 2 is 2.11 bits per heavy atom. The predicted octanol–water partition coefficient (Wildman–Crippen LogP) is 1.71. The van der Waals surface area contributed by atoms with Gasteiger partial charge in [-0.25, -0.2) is 0 Å². The highest BCUT2D eigenvalue weighted by atomic mass is 79.9. The number of rotatable bonds is 0. The lowest BCUT2D eigenvalue weighted by Gasteiger charge is -1.85. The SMILES string of the molecule is O=C1C2=CC(Br)=C1C=C2. The molecule has 0 heterocycles. The summed E-state index contributed by atoms with van der Waals surface area (Å²) in [5.74, 6) is 0.155. The van der Waals surface area contributed by atoms with E-state index in [9.17, 15) is 4.79 Å². The highest BCUT2D eigenvalue weighted by molar-refractivity contribution is 9.12. The van der Waals surface area contributed by atoms with E-state index in [1.165, 1.54) is 0 Å². The molecule has 0 unspecified atom stereocenters. The standard InChI is InChI=1S/C7H3BrO/c8-6-3-4-1-2-5(6)7(4)9/h1-3H. The topological polar surface area (TPSA) is 17.1 Å². The summed E-state index contributed by atoms with van der Waals surface area (Å²) < 4.78 is 0.921. The van der Waals surface area contributed by atoms with Crippen molar-refractivity contribution in [2.45, 2.75) is 0 Å². The van der Waals surface area contributed by atoms with Crippen LogP contribution in [0.1, 0.15) is 0 Å². The van der Waals surface area contributed by atoms with Gasteiger partial charge < -0.3 is 0 Å². The van der Waals surface area contributed by atoms with Crippen LogP contribution >= 0.6 is 15.9 Å². The first kappa shape index (κ1) is 5.18. The first-order valence-corrected chi connectivity index (χ1v) is 3.42. The van der Waals surface area contributed by atoms with E-state index in [2.05, 4.69) is 15.9 Å². The minimum atomic E-state index is 0.155. The number of carbonyl (C=O) groups is 1. The average molecular weight is 183 g/mol. The first-order valence-electron chi connectivity index (χ1n) is 2.63. The fraction of sp³-hybridized carbons (Fsp3) is 0. The van der Waals surface area contributed by atoms with Crippen LogP contribution in [0.5, 0.6) is 0 Å². The third-order valence-electron chi connectivity index (χ3n) is 1.48. The van der Waals surface area contributed by atoms with E-state index < -0.39 is 0 Å². The van der Waals surface area contributed by atoms with E-state index in [0.717, 1.165) is 15.6 Å². The lowest BCUT2D eigenvalue weighted by atomic mass is 10.2. The molecule has 9 heavy (non-hydrogen) atoms. The number of fused-ring (bicyclic) bond motifs is 2. The summed E-state index contributed by atoms with van der Waals surface area (Å²) in [4.78, 5) is 11.0. The second kappa shape index (κ2) is 1.45. The van der Waals surface area contributed by atoms with Crippen LogP contribution in [0, 0.1) is 0 Å². The fourth-order valence-corrected chi connectivity index (χ4v) is 1.55. The number of ketones is 1. The van der Waals surface area contributed by atoms with Crippen molar-refractivity contribution in [1.82, 2.24) is 0 Å². The van der Waals surface area contributed by atoms with Crippen molar-refractivity contribution in [2.75, 3.05) is 0 Å². The van der Waals surface area contributed by atoms with Crippen molar-refractivity contribution < 1.29 is 4.79 Å². The van der Waals surface area contributed by atoms with Gasteiger partial charge in [0.1, 0.15) is 0 Å². The second-order valence-electron chi connectivity index (χ2n) is 2.02. The lowest BCUT2D eigenvalue weighted by Crippen LogP contribution is -1.89. The summed E-state index contributed by atoms with van der Waals surface area (Å²) in [5, 5.41) is 0. The van der Waals surface area contributed by atoms with Crippen molar-refractivity contribution in [3.63, 3.8) is 0 Å². The van der Waals surface area contributed by atoms with Crippen LogP contribution in [0.3, 0.4) is 0 Å². The molecule has 0 aliphatic heterocycles. The zero-order valence-corrected chi connectivity index (χ0v) is 6.10. The van der Waals surface area contributed by atoms with Crippen molar-refractivity contribution in [3.8, 4) is 0 Å². The van der Waals surface area contributed by atoms with E-state index in [0.29, 0.717) is 0 Å². The molecule has 2 aliphatic rings. The van der Waals surface area contributed by atoms with Gasteiger partial charge >= 0.3 is 0 Å². The molecule has 2 rings (SSSR count). The van der Waals surface area contributed by atoms with E-state index in [4.69, 9.17) is 0 Å². The monoisotopic (exact) mass is 182 g/mol. The number of carbonyl (C=O) groups excluding carboxylic acids is 1. The van der Waals surface area contributed by atoms with Gasteiger partial charge in [-0.15, -0.1) is 0 Å². The molecule has 0 saturated carbocycles. The van der Waals surface area contributed by atoms with Gasteiger partial charge in [-0.05, 0) is 12.2 Å². The van der Waals surface area contributed by atoms with Gasteiger partial charge in [0.05, 0.1) is 0 Å². The maximum Gasteiger partial charge on any atom is 0.194 e. The maximum atomic E-state index is 11.0. The molecule has 0 atom stereocenters. The smallest absolute Gasteiger partial charge is 0.194 e. The fourth-order valence-electron chi connectivity index (χ4n) is 0.996. The summed E-state index contributed by atoms with van der Waals surface area (Å²) >= 11 is 3.27. The highest BCUT2D eigenvalue weighted by Crippen LogP contribution is 2.32. The molecule has 1 nitrogen and oxygen atoms in total. The van der Waals surface area contributed by atoms with Crippen molar-refractivity contribution in [1.29, 1.82) is 0 Å². The molecule has 0 saturated heterocycles. The Balaban J connectivity index is 2.73. The number of halogens is 1. The molecule has 2 aliphatic carbocycles. The Morgan fingerprint density at radius 3 is 2.33 bits per heavy atom. The molecular weight excluding hydrogens is 180 g/mol. The quantitative estimate of drug-likeness (QED) is 0.558. The number of hydrogen-bond donors (Lipinski definition) is 0. The molecule has 0 aromatic rings. The van der Waals surface area contributed by atoms with Crippen molar-refractivity contribution in [2.24, 2.45) is 0 Å². The molecule has 0 radical (unpaired) electrons. The summed E-state index contributed by atoms with van der Waals surface area (Å²) in [7, 11) is 0. The number of Topliss-reactive ketones (excluding diaryl/α,β-unsaturated/α-hetero) is 1. The van der Waals surface area contributed by atoms with Crippen LogP contribution in [0.15, 0.2) is 33.9 Å². The van der Waals surface area contributed by atoms with Gasteiger partial charge in [-0.3, -0.25) is 4.79 Å². The minimum absolute atomic E-state index is 0.155. The van der Waals surface area contributed by atoms with E-state index >= 15 is 0 Å². The molecular formula is C7H3BrO. The Bertz CT molecular complexity index is 281. The molecule has 2 heteroatoms. The Kier molecular flexibility index (Phi) is 0.833. The molecule has 44 valence electrons. The molecule has 0 aromatic carbocycles. The minimum Gasteiger partial charge on any atom is -0.289 e. The normalized spacial score (nSPS) is 21.9. The molecule has 0 N–H and O–H groups in total. The van der Waals surface area contributed by atoms with Crippen molar-refractivity contribution >= 4 is 21.7 Å². The Hall–Kier alpha value is -0.630. The van der Waals surface area contributed by atoms with E-state index in [1.807, 2.05) is 18.2 Å². The molecule has 0 aromatic heterocycles. The van der Waals surface area contributed by atoms with E-state index in [1.54, 1.807) is 0 Å². The third-order valence-corrected chi connectivity index (χ3v) is 2.13. The molecule has 0 fully saturated rings. The lowest BCUT2D eigenvalue weighted by molar-refractivity contribution is -0.111. The van der Waals surface area contributed by atoms with Gasteiger partial charge in [0.25, 0.3) is 0 Å². The predicted molar refractivity (Wildman–Crippen MR) is 38.2 cm³/mol. The van der Waals surface area contributed by atoms with Crippen LogP contribution in [0.25, 0.3) is 0 Å². The summed E-state index contributed by atoms with van der Waals surface area (Å²) in [6, 6.07) is 0. The van der Waals surface area contributed by atoms with Crippen LogP contribution in [-0.2, 0) is 4.79 Å². The van der Waals surface area contributed by atoms with Gasteiger partial charge in [0.15, 0.2) is 5.78 Å².